The molecule has 0 radical (unpaired) electrons. The third-order valence-corrected chi connectivity index (χ3v) is 2.55. The van der Waals surface area contributed by atoms with Gasteiger partial charge in [-0.1, -0.05) is 17.7 Å². The lowest BCUT2D eigenvalue weighted by molar-refractivity contribution is 0.0955. The second-order valence-electron chi connectivity index (χ2n) is 3.68. The summed E-state index contributed by atoms with van der Waals surface area (Å²) in [5.74, 6) is 0.111. The molecular weight excluding hydrogens is 268 g/mol. The molecule has 0 spiro atoms. The number of nitrogens with zero attached hydrogens (tertiary/aromatic N) is 1. The summed E-state index contributed by atoms with van der Waals surface area (Å²) in [6.07, 6.45) is 1.35. The summed E-state index contributed by atoms with van der Waals surface area (Å²) >= 11 is 5.83. The molecule has 1 aromatic heterocycles. The average molecular weight is 279 g/mol. The van der Waals surface area contributed by atoms with Gasteiger partial charge in [-0.3, -0.25) is 4.79 Å². The van der Waals surface area contributed by atoms with Crippen LogP contribution in [0.4, 0.5) is 0 Å². The van der Waals surface area contributed by atoms with Gasteiger partial charge in [-0.05, 0) is 18.2 Å². The summed E-state index contributed by atoms with van der Waals surface area (Å²) in [6, 6.07) is 8.13. The van der Waals surface area contributed by atoms with Crippen LogP contribution in [0, 0.1) is 0 Å². The molecule has 0 saturated carbocycles. The Morgan fingerprint density at radius 3 is 2.79 bits per heavy atom. The molecule has 1 heterocycles. The number of benzene rings is 1. The van der Waals surface area contributed by atoms with E-state index in [9.17, 15) is 9.90 Å². The zero-order valence-electron chi connectivity index (χ0n) is 10.1. The molecule has 98 valence electrons. The van der Waals surface area contributed by atoms with Gasteiger partial charge in [-0.25, -0.2) is 4.98 Å². The van der Waals surface area contributed by atoms with Crippen LogP contribution in [0.5, 0.6) is 17.2 Å². The Morgan fingerprint density at radius 1 is 1.37 bits per heavy atom. The normalized spacial score (nSPS) is 10.0. The largest absolute Gasteiger partial charge is 0.505 e. The fourth-order valence-electron chi connectivity index (χ4n) is 1.45. The van der Waals surface area contributed by atoms with Crippen molar-refractivity contribution in [3.63, 3.8) is 0 Å². The Balaban J connectivity index is 2.23. The topological polar surface area (TPSA) is 71.5 Å². The second-order valence-corrected chi connectivity index (χ2v) is 4.11. The van der Waals surface area contributed by atoms with Crippen molar-refractivity contribution in [2.24, 2.45) is 0 Å². The van der Waals surface area contributed by atoms with E-state index in [1.807, 2.05) is 0 Å². The molecule has 2 rings (SSSR count). The number of hydrogen-bond donors (Lipinski definition) is 2. The van der Waals surface area contributed by atoms with Crippen LogP contribution in [0.25, 0.3) is 0 Å². The van der Waals surface area contributed by atoms with E-state index in [1.54, 1.807) is 24.3 Å². The van der Waals surface area contributed by atoms with Gasteiger partial charge in [0.15, 0.2) is 11.4 Å². The van der Waals surface area contributed by atoms with Crippen molar-refractivity contribution in [3.8, 4) is 17.2 Å². The maximum absolute atomic E-state index is 11.4. The van der Waals surface area contributed by atoms with E-state index in [-0.39, 0.29) is 11.4 Å². The molecule has 0 aliphatic carbocycles. The van der Waals surface area contributed by atoms with Crippen molar-refractivity contribution in [1.29, 1.82) is 0 Å². The molecule has 0 saturated heterocycles. The maximum atomic E-state index is 11.4. The lowest BCUT2D eigenvalue weighted by Gasteiger charge is -2.07. The molecule has 19 heavy (non-hydrogen) atoms. The highest BCUT2D eigenvalue weighted by molar-refractivity contribution is 6.30. The molecule has 5 nitrogen and oxygen atoms in total. The molecule has 0 unspecified atom stereocenters. The van der Waals surface area contributed by atoms with Crippen LogP contribution in [0.3, 0.4) is 0 Å². The van der Waals surface area contributed by atoms with Crippen molar-refractivity contribution < 1.29 is 14.6 Å². The number of hydrogen-bond acceptors (Lipinski definition) is 4. The van der Waals surface area contributed by atoms with Crippen LogP contribution in [-0.2, 0) is 0 Å². The molecule has 2 N–H and O–H groups in total. The molecule has 6 heteroatoms. The predicted octanol–water partition coefficient (Wildman–Crippen LogP) is 2.59. The van der Waals surface area contributed by atoms with E-state index >= 15 is 0 Å². The summed E-state index contributed by atoms with van der Waals surface area (Å²) in [5.41, 5.74) is -0.0547. The molecule has 0 aliphatic heterocycles. The average Bonchev–Trinajstić information content (AvgIpc) is 2.38. The van der Waals surface area contributed by atoms with Crippen molar-refractivity contribution in [3.05, 3.63) is 47.2 Å². The number of carbonyl (C=O) groups excluding carboxylic acids is 1. The van der Waals surface area contributed by atoms with Crippen LogP contribution in [0.15, 0.2) is 36.5 Å². The fraction of sp³-hybridized carbons (Fsp3) is 0.0769. The van der Waals surface area contributed by atoms with Crippen molar-refractivity contribution in [2.75, 3.05) is 7.05 Å². The van der Waals surface area contributed by atoms with Crippen LogP contribution in [0.1, 0.15) is 10.5 Å². The number of nitrogens with one attached hydrogen (secondary N) is 1. The first-order valence-corrected chi connectivity index (χ1v) is 5.82. The van der Waals surface area contributed by atoms with Gasteiger partial charge in [0.2, 0.25) is 0 Å². The van der Waals surface area contributed by atoms with E-state index in [1.165, 1.54) is 19.3 Å². The minimum atomic E-state index is -0.466. The Bertz CT molecular complexity index is 617. The van der Waals surface area contributed by atoms with Gasteiger partial charge in [0.05, 0.1) is 6.20 Å². The number of rotatable bonds is 3. The lowest BCUT2D eigenvalue weighted by atomic mass is 10.3. The van der Waals surface area contributed by atoms with Crippen molar-refractivity contribution >= 4 is 17.5 Å². The summed E-state index contributed by atoms with van der Waals surface area (Å²) < 4.78 is 5.47. The Morgan fingerprint density at radius 2 is 2.16 bits per heavy atom. The summed E-state index contributed by atoms with van der Waals surface area (Å²) in [4.78, 5) is 15.2. The lowest BCUT2D eigenvalue weighted by Crippen LogP contribution is -2.19. The zero-order chi connectivity index (χ0) is 13.8. The molecular formula is C13H11ClN2O3. The molecule has 0 aliphatic rings. The van der Waals surface area contributed by atoms with Gasteiger partial charge in [0.1, 0.15) is 11.5 Å². The standard InChI is InChI=1S/C13H11ClN2O3/c1-15-13(18)12-11(17)6-10(7-16-12)19-9-4-2-3-8(14)5-9/h2-7,17H,1H3,(H,15,18). The van der Waals surface area contributed by atoms with E-state index < -0.39 is 5.91 Å². The minimum Gasteiger partial charge on any atom is -0.505 e. The fourth-order valence-corrected chi connectivity index (χ4v) is 1.63. The van der Waals surface area contributed by atoms with Crippen LogP contribution >= 0.6 is 11.6 Å². The smallest absolute Gasteiger partial charge is 0.273 e. The number of amides is 1. The first-order valence-electron chi connectivity index (χ1n) is 5.44. The SMILES string of the molecule is CNC(=O)c1ncc(Oc2cccc(Cl)c2)cc1O. The highest BCUT2D eigenvalue weighted by Gasteiger charge is 2.12. The maximum Gasteiger partial charge on any atom is 0.273 e. The summed E-state index contributed by atoms with van der Waals surface area (Å²) in [5, 5.41) is 12.6. The first kappa shape index (κ1) is 13.2. The third-order valence-electron chi connectivity index (χ3n) is 2.32. The Labute approximate surface area is 114 Å². The molecule has 1 aromatic carbocycles. The zero-order valence-corrected chi connectivity index (χ0v) is 10.8. The summed E-state index contributed by atoms with van der Waals surface area (Å²) in [6.45, 7) is 0. The highest BCUT2D eigenvalue weighted by Crippen LogP contribution is 2.27. The number of aromatic nitrogens is 1. The van der Waals surface area contributed by atoms with Crippen LogP contribution < -0.4 is 10.1 Å². The quantitative estimate of drug-likeness (QED) is 0.905. The van der Waals surface area contributed by atoms with E-state index in [4.69, 9.17) is 16.3 Å². The number of aromatic hydroxyl groups is 1. The van der Waals surface area contributed by atoms with Gasteiger partial charge in [0.25, 0.3) is 5.91 Å². The number of ether oxygens (including phenoxy) is 1. The van der Waals surface area contributed by atoms with Crippen LogP contribution in [-0.4, -0.2) is 23.0 Å². The van der Waals surface area contributed by atoms with Gasteiger partial charge >= 0.3 is 0 Å². The number of halogens is 1. The minimum absolute atomic E-state index is 0.0547. The summed E-state index contributed by atoms with van der Waals surface area (Å²) in [7, 11) is 1.46. The van der Waals surface area contributed by atoms with Gasteiger partial charge in [0, 0.05) is 18.1 Å². The monoisotopic (exact) mass is 278 g/mol. The van der Waals surface area contributed by atoms with E-state index in [2.05, 4.69) is 10.3 Å². The van der Waals surface area contributed by atoms with Gasteiger partial charge < -0.3 is 15.2 Å². The number of pyridine rings is 1. The van der Waals surface area contributed by atoms with E-state index in [0.717, 1.165) is 0 Å². The molecule has 1 amide bonds. The van der Waals surface area contributed by atoms with E-state index in [0.29, 0.717) is 16.5 Å². The first-order chi connectivity index (χ1) is 9.10. The molecule has 0 fully saturated rings. The Hall–Kier alpha value is -2.27. The highest BCUT2D eigenvalue weighted by atomic mass is 35.5. The Kier molecular flexibility index (Phi) is 3.87. The molecule has 0 bridgehead atoms. The van der Waals surface area contributed by atoms with Crippen molar-refractivity contribution in [1.82, 2.24) is 10.3 Å². The van der Waals surface area contributed by atoms with Gasteiger partial charge in [-0.2, -0.15) is 0 Å². The van der Waals surface area contributed by atoms with Crippen molar-refractivity contribution in [2.45, 2.75) is 0 Å². The molecule has 0 atom stereocenters. The van der Waals surface area contributed by atoms with Crippen LogP contribution in [0.2, 0.25) is 5.02 Å². The predicted molar refractivity (Wildman–Crippen MR) is 70.8 cm³/mol. The molecule has 2 aromatic rings. The van der Waals surface area contributed by atoms with Gasteiger partial charge in [-0.15, -0.1) is 0 Å². The second kappa shape index (κ2) is 5.58. The number of carbonyl (C=O) groups is 1. The third kappa shape index (κ3) is 3.14.